The number of nitrogens with zero attached hydrogens (tertiary/aromatic N) is 2. The summed E-state index contributed by atoms with van der Waals surface area (Å²) in [4.78, 5) is 11.9. The van der Waals surface area contributed by atoms with Gasteiger partial charge in [-0.05, 0) is 30.7 Å². The largest absolute Gasteiger partial charge is 0.348 e. The molecule has 1 aromatic heterocycles. The van der Waals surface area contributed by atoms with Crippen LogP contribution in [0.15, 0.2) is 36.7 Å². The molecule has 0 spiro atoms. The van der Waals surface area contributed by atoms with E-state index < -0.39 is 17.7 Å². The lowest BCUT2D eigenvalue weighted by molar-refractivity contribution is -0.122. The summed E-state index contributed by atoms with van der Waals surface area (Å²) in [6, 6.07) is 4.37. The molecular weight excluding hydrogens is 264 g/mol. The van der Waals surface area contributed by atoms with Gasteiger partial charge in [0.05, 0.1) is 6.04 Å². The van der Waals surface area contributed by atoms with Gasteiger partial charge in [0.25, 0.3) is 0 Å². The lowest BCUT2D eigenvalue weighted by Gasteiger charge is -2.18. The molecule has 0 aliphatic rings. The van der Waals surface area contributed by atoms with Gasteiger partial charge in [-0.15, -0.1) is 0 Å². The molecule has 4 nitrogen and oxygen atoms in total. The minimum Gasteiger partial charge on any atom is -0.348 e. The molecule has 0 fully saturated rings. The minimum atomic E-state index is -0.561. The number of aromatic nitrogens is 2. The molecule has 0 radical (unpaired) electrons. The molecular formula is C14H15F2N3O. The Bertz CT molecular complexity index is 584. The molecule has 6 heteroatoms. The number of hydrogen-bond donors (Lipinski definition) is 1. The van der Waals surface area contributed by atoms with Crippen LogP contribution in [-0.2, 0) is 11.3 Å². The van der Waals surface area contributed by atoms with Gasteiger partial charge in [-0.3, -0.25) is 9.48 Å². The molecule has 1 amide bonds. The molecule has 1 atom stereocenters. The van der Waals surface area contributed by atoms with E-state index in [2.05, 4.69) is 10.4 Å². The van der Waals surface area contributed by atoms with Crippen molar-refractivity contribution in [2.75, 3.05) is 0 Å². The number of amides is 1. The molecule has 0 aliphatic carbocycles. The molecule has 1 aromatic carbocycles. The van der Waals surface area contributed by atoms with Crippen molar-refractivity contribution in [3.63, 3.8) is 0 Å². The molecule has 20 heavy (non-hydrogen) atoms. The number of benzene rings is 1. The maximum absolute atomic E-state index is 13.7. The molecule has 0 aliphatic heterocycles. The van der Waals surface area contributed by atoms with Gasteiger partial charge in [0.1, 0.15) is 18.2 Å². The lowest BCUT2D eigenvalue weighted by atomic mass is 10.0. The highest BCUT2D eigenvalue weighted by molar-refractivity contribution is 5.76. The fourth-order valence-corrected chi connectivity index (χ4v) is 1.96. The van der Waals surface area contributed by atoms with Crippen molar-refractivity contribution in [1.82, 2.24) is 15.1 Å². The van der Waals surface area contributed by atoms with Crippen LogP contribution in [0.5, 0.6) is 0 Å². The van der Waals surface area contributed by atoms with Crippen molar-refractivity contribution in [2.45, 2.75) is 25.9 Å². The smallest absolute Gasteiger partial charge is 0.242 e. The summed E-state index contributed by atoms with van der Waals surface area (Å²) in [5.74, 6) is -1.36. The summed E-state index contributed by atoms with van der Waals surface area (Å²) in [6.45, 7) is 1.84. The van der Waals surface area contributed by atoms with E-state index in [-0.39, 0.29) is 18.0 Å². The van der Waals surface area contributed by atoms with Crippen LogP contribution in [0.25, 0.3) is 0 Å². The van der Waals surface area contributed by atoms with Crippen molar-refractivity contribution in [3.8, 4) is 0 Å². The minimum absolute atomic E-state index is 0.0421. The third-order valence-electron chi connectivity index (χ3n) is 2.94. The Labute approximate surface area is 115 Å². The first-order chi connectivity index (χ1) is 9.60. The maximum Gasteiger partial charge on any atom is 0.242 e. The van der Waals surface area contributed by atoms with Gasteiger partial charge in [0.15, 0.2) is 0 Å². The topological polar surface area (TPSA) is 46.9 Å². The molecule has 2 aromatic rings. The van der Waals surface area contributed by atoms with Crippen LogP contribution in [-0.4, -0.2) is 15.7 Å². The second-order valence-electron chi connectivity index (χ2n) is 4.40. The zero-order valence-corrected chi connectivity index (χ0v) is 11.0. The predicted octanol–water partition coefficient (Wildman–Crippen LogP) is 2.43. The zero-order chi connectivity index (χ0) is 14.5. The first kappa shape index (κ1) is 14.2. The molecule has 0 bridgehead atoms. The van der Waals surface area contributed by atoms with E-state index in [1.165, 1.54) is 4.68 Å². The van der Waals surface area contributed by atoms with Gasteiger partial charge in [-0.1, -0.05) is 6.92 Å². The number of carbonyl (C=O) groups excluding carboxylic acids is 1. The average Bonchev–Trinajstić information content (AvgIpc) is 2.92. The summed E-state index contributed by atoms with van der Waals surface area (Å²) in [5.41, 5.74) is 0.154. The van der Waals surface area contributed by atoms with Crippen LogP contribution in [0.3, 0.4) is 0 Å². The standard InChI is InChI=1S/C14H15F2N3O/c1-2-13(11-8-10(15)4-5-12(11)16)18-14(20)9-19-7-3-6-17-19/h3-8,13H,2,9H2,1H3,(H,18,20)/t13-/m1/s1. The summed E-state index contributed by atoms with van der Waals surface area (Å²) in [5, 5.41) is 6.60. The number of halogens is 2. The number of nitrogens with one attached hydrogen (secondary N) is 1. The van der Waals surface area contributed by atoms with Crippen molar-refractivity contribution >= 4 is 5.91 Å². The van der Waals surface area contributed by atoms with E-state index >= 15 is 0 Å². The van der Waals surface area contributed by atoms with Crippen molar-refractivity contribution < 1.29 is 13.6 Å². The van der Waals surface area contributed by atoms with E-state index in [1.807, 2.05) is 0 Å². The summed E-state index contributed by atoms with van der Waals surface area (Å²) in [6.07, 6.45) is 3.69. The molecule has 2 rings (SSSR count). The predicted molar refractivity (Wildman–Crippen MR) is 69.8 cm³/mol. The summed E-state index contributed by atoms with van der Waals surface area (Å²) < 4.78 is 28.4. The van der Waals surface area contributed by atoms with Gasteiger partial charge < -0.3 is 5.32 Å². The number of carbonyl (C=O) groups is 1. The van der Waals surface area contributed by atoms with Gasteiger partial charge in [-0.2, -0.15) is 5.10 Å². The highest BCUT2D eigenvalue weighted by Gasteiger charge is 2.17. The Morgan fingerprint density at radius 2 is 2.25 bits per heavy atom. The monoisotopic (exact) mass is 279 g/mol. The summed E-state index contributed by atoms with van der Waals surface area (Å²) >= 11 is 0. The normalized spacial score (nSPS) is 12.2. The van der Waals surface area contributed by atoms with E-state index in [0.717, 1.165) is 18.2 Å². The molecule has 106 valence electrons. The Morgan fingerprint density at radius 1 is 1.45 bits per heavy atom. The van der Waals surface area contributed by atoms with Crippen LogP contribution in [0.1, 0.15) is 24.9 Å². The molecule has 0 saturated heterocycles. The van der Waals surface area contributed by atoms with E-state index in [0.29, 0.717) is 6.42 Å². The number of rotatable bonds is 5. The van der Waals surface area contributed by atoms with Gasteiger partial charge >= 0.3 is 0 Å². The Morgan fingerprint density at radius 3 is 2.90 bits per heavy atom. The second kappa shape index (κ2) is 6.27. The van der Waals surface area contributed by atoms with Gasteiger partial charge in [0.2, 0.25) is 5.91 Å². The van der Waals surface area contributed by atoms with Crippen molar-refractivity contribution in [1.29, 1.82) is 0 Å². The van der Waals surface area contributed by atoms with Crippen LogP contribution < -0.4 is 5.32 Å². The average molecular weight is 279 g/mol. The maximum atomic E-state index is 13.7. The molecule has 0 saturated carbocycles. The lowest BCUT2D eigenvalue weighted by Crippen LogP contribution is -2.32. The second-order valence-corrected chi connectivity index (χ2v) is 4.40. The van der Waals surface area contributed by atoms with Gasteiger partial charge in [0, 0.05) is 18.0 Å². The summed E-state index contributed by atoms with van der Waals surface area (Å²) in [7, 11) is 0. The highest BCUT2D eigenvalue weighted by atomic mass is 19.1. The Kier molecular flexibility index (Phi) is 4.45. The van der Waals surface area contributed by atoms with Crippen molar-refractivity contribution in [2.24, 2.45) is 0 Å². The SMILES string of the molecule is CC[C@@H](NC(=O)Cn1cccn1)c1cc(F)ccc1F. The third-order valence-corrected chi connectivity index (χ3v) is 2.94. The van der Waals surface area contributed by atoms with E-state index in [1.54, 1.807) is 25.4 Å². The molecule has 0 unspecified atom stereocenters. The fraction of sp³-hybridized carbons (Fsp3) is 0.286. The fourth-order valence-electron chi connectivity index (χ4n) is 1.96. The third kappa shape index (κ3) is 3.40. The van der Waals surface area contributed by atoms with Crippen molar-refractivity contribution in [3.05, 3.63) is 53.9 Å². The quantitative estimate of drug-likeness (QED) is 0.913. The van der Waals surface area contributed by atoms with Crippen LogP contribution in [0, 0.1) is 11.6 Å². The van der Waals surface area contributed by atoms with Crippen LogP contribution in [0.2, 0.25) is 0 Å². The van der Waals surface area contributed by atoms with E-state index in [9.17, 15) is 13.6 Å². The first-order valence-electron chi connectivity index (χ1n) is 6.32. The van der Waals surface area contributed by atoms with Gasteiger partial charge in [-0.25, -0.2) is 8.78 Å². The molecule has 1 heterocycles. The zero-order valence-electron chi connectivity index (χ0n) is 11.0. The first-order valence-corrected chi connectivity index (χ1v) is 6.32. The molecule has 1 N–H and O–H groups in total. The number of hydrogen-bond acceptors (Lipinski definition) is 2. The highest BCUT2D eigenvalue weighted by Crippen LogP contribution is 2.21. The van der Waals surface area contributed by atoms with Crippen LogP contribution in [0.4, 0.5) is 8.78 Å². The Hall–Kier alpha value is -2.24. The van der Waals surface area contributed by atoms with Crippen LogP contribution >= 0.6 is 0 Å². The van der Waals surface area contributed by atoms with E-state index in [4.69, 9.17) is 0 Å². The Balaban J connectivity index is 2.08.